The van der Waals surface area contributed by atoms with Crippen LogP contribution in [0.2, 0.25) is 5.02 Å². The molecular weight excluding hydrogens is 320 g/mol. The molecule has 0 fully saturated rings. The van der Waals surface area contributed by atoms with Crippen LogP contribution >= 0.6 is 11.6 Å². The molecule has 0 bridgehead atoms. The van der Waals surface area contributed by atoms with Gasteiger partial charge in [-0.05, 0) is 23.8 Å². The third kappa shape index (κ3) is 2.24. The van der Waals surface area contributed by atoms with E-state index < -0.39 is 0 Å². The molecule has 0 unspecified atom stereocenters. The second-order valence-electron chi connectivity index (χ2n) is 5.05. The van der Waals surface area contributed by atoms with Crippen LogP contribution < -0.4 is 9.47 Å². The summed E-state index contributed by atoms with van der Waals surface area (Å²) in [5, 5.41) is 26.7. The molecule has 23 heavy (non-hydrogen) atoms. The van der Waals surface area contributed by atoms with E-state index in [1.165, 1.54) is 12.1 Å². The van der Waals surface area contributed by atoms with Gasteiger partial charge in [-0.2, -0.15) is 5.10 Å². The van der Waals surface area contributed by atoms with E-state index in [2.05, 4.69) is 10.2 Å². The number of phenolic OH excluding ortho intramolecular Hbond substituents is 2. The van der Waals surface area contributed by atoms with Crippen molar-refractivity contribution in [3.8, 4) is 45.4 Å². The molecule has 1 aromatic heterocycles. The van der Waals surface area contributed by atoms with Crippen molar-refractivity contribution in [2.24, 2.45) is 0 Å². The van der Waals surface area contributed by atoms with E-state index >= 15 is 0 Å². The summed E-state index contributed by atoms with van der Waals surface area (Å²) >= 11 is 5.95. The monoisotopic (exact) mass is 330 g/mol. The lowest BCUT2D eigenvalue weighted by Crippen LogP contribution is -1.92. The Morgan fingerprint density at radius 1 is 1.00 bits per heavy atom. The van der Waals surface area contributed by atoms with Crippen molar-refractivity contribution in [3.05, 3.63) is 41.6 Å². The Balaban J connectivity index is 1.85. The maximum Gasteiger partial charge on any atom is 0.231 e. The Labute approximate surface area is 135 Å². The molecule has 3 N–H and O–H groups in total. The number of hydrogen-bond donors (Lipinski definition) is 3. The highest BCUT2D eigenvalue weighted by molar-refractivity contribution is 6.32. The van der Waals surface area contributed by atoms with Gasteiger partial charge in [0.15, 0.2) is 11.5 Å². The zero-order chi connectivity index (χ0) is 16.0. The first kappa shape index (κ1) is 13.8. The van der Waals surface area contributed by atoms with Crippen molar-refractivity contribution >= 4 is 11.6 Å². The first-order chi connectivity index (χ1) is 11.1. The zero-order valence-electron chi connectivity index (χ0n) is 11.7. The van der Waals surface area contributed by atoms with Crippen molar-refractivity contribution in [2.45, 2.75) is 0 Å². The van der Waals surface area contributed by atoms with E-state index in [0.717, 1.165) is 11.1 Å². The Morgan fingerprint density at radius 3 is 2.70 bits per heavy atom. The molecule has 0 saturated heterocycles. The zero-order valence-corrected chi connectivity index (χ0v) is 12.5. The molecule has 0 amide bonds. The fourth-order valence-corrected chi connectivity index (χ4v) is 2.69. The van der Waals surface area contributed by atoms with Crippen LogP contribution in [-0.2, 0) is 0 Å². The summed E-state index contributed by atoms with van der Waals surface area (Å²) in [5.74, 6) is 1.06. The number of hydrogen-bond acceptors (Lipinski definition) is 5. The molecule has 116 valence electrons. The van der Waals surface area contributed by atoms with Gasteiger partial charge in [0.05, 0.1) is 16.9 Å². The molecule has 0 radical (unpaired) electrons. The van der Waals surface area contributed by atoms with Crippen molar-refractivity contribution in [3.63, 3.8) is 0 Å². The molecule has 4 rings (SSSR count). The Hall–Kier alpha value is -2.86. The second kappa shape index (κ2) is 5.10. The maximum absolute atomic E-state index is 10.1. The third-order valence-corrected chi connectivity index (χ3v) is 3.96. The van der Waals surface area contributed by atoms with Crippen LogP contribution in [0, 0.1) is 0 Å². The number of ether oxygens (including phenoxy) is 2. The van der Waals surface area contributed by atoms with Gasteiger partial charge in [-0.25, -0.2) is 0 Å². The summed E-state index contributed by atoms with van der Waals surface area (Å²) in [6.07, 6.45) is 1.65. The van der Waals surface area contributed by atoms with Gasteiger partial charge in [0, 0.05) is 17.2 Å². The van der Waals surface area contributed by atoms with Crippen LogP contribution in [0.3, 0.4) is 0 Å². The van der Waals surface area contributed by atoms with Gasteiger partial charge in [0.2, 0.25) is 6.79 Å². The SMILES string of the molecule is Oc1cc(O)c(-c2[nH]ncc2-c2ccc3c(c2)OCO3)cc1Cl. The molecular formula is C16H11ClN2O4. The normalized spacial score (nSPS) is 12.6. The summed E-state index contributed by atoms with van der Waals surface area (Å²) in [4.78, 5) is 0. The van der Waals surface area contributed by atoms with Crippen LogP contribution in [0.25, 0.3) is 22.4 Å². The van der Waals surface area contributed by atoms with Crippen LogP contribution in [0.4, 0.5) is 0 Å². The van der Waals surface area contributed by atoms with Gasteiger partial charge in [-0.1, -0.05) is 17.7 Å². The lowest BCUT2D eigenvalue weighted by molar-refractivity contribution is 0.174. The highest BCUT2D eigenvalue weighted by Crippen LogP contribution is 2.42. The fraction of sp³-hybridized carbons (Fsp3) is 0.0625. The quantitative estimate of drug-likeness (QED) is 0.669. The number of aromatic nitrogens is 2. The highest BCUT2D eigenvalue weighted by atomic mass is 35.5. The summed E-state index contributed by atoms with van der Waals surface area (Å²) in [5.41, 5.74) is 2.64. The summed E-state index contributed by atoms with van der Waals surface area (Å²) < 4.78 is 10.7. The topological polar surface area (TPSA) is 87.6 Å². The van der Waals surface area contributed by atoms with Crippen LogP contribution in [0.5, 0.6) is 23.0 Å². The Morgan fingerprint density at radius 2 is 1.83 bits per heavy atom. The highest BCUT2D eigenvalue weighted by Gasteiger charge is 2.19. The van der Waals surface area contributed by atoms with Gasteiger partial charge >= 0.3 is 0 Å². The number of nitrogens with zero attached hydrogens (tertiary/aromatic N) is 1. The smallest absolute Gasteiger partial charge is 0.231 e. The molecule has 2 aromatic carbocycles. The number of aromatic amines is 1. The number of aromatic hydroxyl groups is 2. The average molecular weight is 331 g/mol. The maximum atomic E-state index is 10.1. The van der Waals surface area contributed by atoms with E-state index in [1.807, 2.05) is 18.2 Å². The summed E-state index contributed by atoms with van der Waals surface area (Å²) in [7, 11) is 0. The predicted molar refractivity (Wildman–Crippen MR) is 83.9 cm³/mol. The van der Waals surface area contributed by atoms with Crippen LogP contribution in [0.1, 0.15) is 0 Å². The molecule has 6 nitrogen and oxygen atoms in total. The molecule has 1 aliphatic heterocycles. The largest absolute Gasteiger partial charge is 0.507 e. The van der Waals surface area contributed by atoms with Crippen LogP contribution in [0.15, 0.2) is 36.5 Å². The molecule has 0 aliphatic carbocycles. The van der Waals surface area contributed by atoms with Gasteiger partial charge < -0.3 is 19.7 Å². The van der Waals surface area contributed by atoms with Gasteiger partial charge in [0.1, 0.15) is 11.5 Å². The average Bonchev–Trinajstić information content (AvgIpc) is 3.18. The lowest BCUT2D eigenvalue weighted by atomic mass is 10.0. The first-order valence-corrected chi connectivity index (χ1v) is 7.16. The number of H-pyrrole nitrogens is 1. The van der Waals surface area contributed by atoms with E-state index in [9.17, 15) is 10.2 Å². The van der Waals surface area contributed by atoms with Crippen molar-refractivity contribution in [1.29, 1.82) is 0 Å². The molecule has 0 spiro atoms. The fourth-order valence-electron chi connectivity index (χ4n) is 2.53. The van der Waals surface area contributed by atoms with Crippen LogP contribution in [-0.4, -0.2) is 27.2 Å². The molecule has 7 heteroatoms. The molecule has 2 heterocycles. The van der Waals surface area contributed by atoms with Crippen molar-refractivity contribution in [2.75, 3.05) is 6.79 Å². The van der Waals surface area contributed by atoms with E-state index in [0.29, 0.717) is 22.8 Å². The Kier molecular flexibility index (Phi) is 3.06. The molecule has 1 aliphatic rings. The van der Waals surface area contributed by atoms with E-state index in [-0.39, 0.29) is 23.3 Å². The van der Waals surface area contributed by atoms with Gasteiger partial charge in [0.25, 0.3) is 0 Å². The predicted octanol–water partition coefficient (Wildman–Crippen LogP) is 3.54. The summed E-state index contributed by atoms with van der Waals surface area (Å²) in [6, 6.07) is 8.22. The lowest BCUT2D eigenvalue weighted by Gasteiger charge is -2.08. The van der Waals surface area contributed by atoms with E-state index in [1.54, 1.807) is 6.20 Å². The third-order valence-electron chi connectivity index (χ3n) is 3.66. The van der Waals surface area contributed by atoms with Gasteiger partial charge in [-0.15, -0.1) is 0 Å². The number of benzene rings is 2. The molecule has 3 aromatic rings. The van der Waals surface area contributed by atoms with Crippen molar-refractivity contribution < 1.29 is 19.7 Å². The minimum atomic E-state index is -0.183. The number of rotatable bonds is 2. The summed E-state index contributed by atoms with van der Waals surface area (Å²) in [6.45, 7) is 0.200. The minimum absolute atomic E-state index is 0.0989. The number of fused-ring (bicyclic) bond motifs is 1. The van der Waals surface area contributed by atoms with Crippen molar-refractivity contribution in [1.82, 2.24) is 10.2 Å². The van der Waals surface area contributed by atoms with E-state index in [4.69, 9.17) is 21.1 Å². The molecule has 0 saturated carbocycles. The molecule has 0 atom stereocenters. The number of halogens is 1. The second-order valence-corrected chi connectivity index (χ2v) is 5.45. The first-order valence-electron chi connectivity index (χ1n) is 6.79. The standard InChI is InChI=1S/C16H11ClN2O4/c17-11-4-9(12(20)5-13(11)21)16-10(6-18-19-16)8-1-2-14-15(3-8)23-7-22-14/h1-6,20-21H,7H2,(H,18,19). The minimum Gasteiger partial charge on any atom is -0.507 e. The number of phenols is 2. The number of nitrogens with one attached hydrogen (secondary N) is 1. The van der Waals surface area contributed by atoms with Gasteiger partial charge in [-0.3, -0.25) is 5.10 Å². The Bertz CT molecular complexity index is 907.